The van der Waals surface area contributed by atoms with Crippen molar-refractivity contribution in [2.45, 2.75) is 75.2 Å². The Bertz CT molecular complexity index is 1770. The molecule has 7 N–H and O–H groups in total. The molecular weight excluding hydrogens is 646 g/mol. The molecule has 13 nitrogen and oxygen atoms in total. The third kappa shape index (κ3) is 6.56. The lowest BCUT2D eigenvalue weighted by atomic mass is 9.83. The van der Waals surface area contributed by atoms with Crippen molar-refractivity contribution >= 4 is 29.1 Å². The van der Waals surface area contributed by atoms with Crippen LogP contribution >= 0.6 is 0 Å². The van der Waals surface area contributed by atoms with Crippen LogP contribution in [0.5, 0.6) is 0 Å². The summed E-state index contributed by atoms with van der Waals surface area (Å²) < 4.78 is 4.98. The Hall–Kier alpha value is -4.47. The first-order chi connectivity index (χ1) is 23.9. The molecule has 1 fully saturated rings. The zero-order valence-electron chi connectivity index (χ0n) is 27.4. The van der Waals surface area contributed by atoms with Gasteiger partial charge in [-0.3, -0.25) is 14.4 Å². The standard InChI is InChI=1S/C37H41N3O10/c1-21(7-6-12-29(42)39-19-24-9-3-2-8-23(24)17-26(39)20-41)37(49)27-10-4-5-11-28(27)40(36(37)48)18-22-13-15-25(16-14-22)38-34(46)33-31(44)30(43)32(45)35(47)50-33/h2-11,13-16,21,26,30-33,35,41,43-45,47,49H,12,17-20H2,1H3,(H,38,46)/b7-6+/t21-,26+,30+,31+,32-,33+,35-,37+/m1/s1. The summed E-state index contributed by atoms with van der Waals surface area (Å²) in [5.41, 5.74) is 2.21. The lowest BCUT2D eigenvalue weighted by molar-refractivity contribution is -0.274. The van der Waals surface area contributed by atoms with Crippen molar-refractivity contribution in [3.63, 3.8) is 0 Å². The number of nitrogens with one attached hydrogen (secondary N) is 1. The van der Waals surface area contributed by atoms with Crippen LogP contribution in [0, 0.1) is 5.92 Å². The predicted octanol–water partition coefficient (Wildman–Crippen LogP) is 0.688. The Morgan fingerprint density at radius 2 is 1.64 bits per heavy atom. The lowest BCUT2D eigenvalue weighted by Crippen LogP contribution is -2.60. The van der Waals surface area contributed by atoms with Gasteiger partial charge in [-0.25, -0.2) is 0 Å². The second-order valence-electron chi connectivity index (χ2n) is 13.0. The maximum absolute atomic E-state index is 14.0. The number of hydrogen-bond donors (Lipinski definition) is 7. The van der Waals surface area contributed by atoms with E-state index in [4.69, 9.17) is 4.74 Å². The number of benzene rings is 3. The van der Waals surface area contributed by atoms with Gasteiger partial charge in [0.25, 0.3) is 11.8 Å². The van der Waals surface area contributed by atoms with E-state index in [9.17, 15) is 45.0 Å². The topological polar surface area (TPSA) is 200 Å². The van der Waals surface area contributed by atoms with Gasteiger partial charge >= 0.3 is 0 Å². The normalized spacial score (nSPS) is 28.3. The number of carbonyl (C=O) groups is 3. The van der Waals surface area contributed by atoms with Gasteiger partial charge in [0.15, 0.2) is 18.0 Å². The summed E-state index contributed by atoms with van der Waals surface area (Å²) in [5.74, 6) is -2.24. The number of hydrogen-bond acceptors (Lipinski definition) is 10. The van der Waals surface area contributed by atoms with E-state index >= 15 is 0 Å². The summed E-state index contributed by atoms with van der Waals surface area (Å²) in [4.78, 5) is 43.1. The van der Waals surface area contributed by atoms with E-state index in [1.807, 2.05) is 24.3 Å². The Morgan fingerprint density at radius 3 is 2.36 bits per heavy atom. The maximum atomic E-state index is 14.0. The fraction of sp³-hybridized carbons (Fsp3) is 0.378. The molecule has 0 radical (unpaired) electrons. The maximum Gasteiger partial charge on any atom is 0.264 e. The Labute approximate surface area is 288 Å². The van der Waals surface area contributed by atoms with Crippen molar-refractivity contribution in [3.8, 4) is 0 Å². The van der Waals surface area contributed by atoms with Crippen molar-refractivity contribution in [2.75, 3.05) is 16.8 Å². The molecule has 264 valence electrons. The van der Waals surface area contributed by atoms with Crippen LogP contribution in [0.15, 0.2) is 84.9 Å². The molecule has 0 unspecified atom stereocenters. The largest absolute Gasteiger partial charge is 0.394 e. The summed E-state index contributed by atoms with van der Waals surface area (Å²) in [7, 11) is 0. The number of nitrogens with zero attached hydrogens (tertiary/aromatic N) is 2. The molecule has 0 saturated carbocycles. The van der Waals surface area contributed by atoms with Crippen LogP contribution in [-0.4, -0.2) is 96.6 Å². The molecule has 3 aromatic carbocycles. The van der Waals surface area contributed by atoms with Gasteiger partial charge in [-0.05, 0) is 41.3 Å². The highest BCUT2D eigenvalue weighted by Gasteiger charge is 2.52. The van der Waals surface area contributed by atoms with Gasteiger partial charge < -0.3 is 50.5 Å². The van der Waals surface area contributed by atoms with Gasteiger partial charge in [-0.2, -0.15) is 0 Å². The molecule has 1 saturated heterocycles. The van der Waals surface area contributed by atoms with Crippen molar-refractivity contribution < 1.29 is 49.8 Å². The molecule has 6 rings (SSSR count). The van der Waals surface area contributed by atoms with Crippen LogP contribution in [0.1, 0.15) is 35.6 Å². The number of aliphatic hydroxyl groups is 6. The second-order valence-corrected chi connectivity index (χ2v) is 13.0. The molecule has 3 aliphatic rings. The molecule has 0 aliphatic carbocycles. The molecular formula is C37H41N3O10. The van der Waals surface area contributed by atoms with Crippen LogP contribution in [0.25, 0.3) is 0 Å². The van der Waals surface area contributed by atoms with Crippen molar-refractivity contribution in [2.24, 2.45) is 5.92 Å². The van der Waals surface area contributed by atoms with Crippen molar-refractivity contribution in [1.29, 1.82) is 0 Å². The Balaban J connectivity index is 1.11. The minimum Gasteiger partial charge on any atom is -0.394 e. The number of para-hydroxylation sites is 1. The van der Waals surface area contributed by atoms with Gasteiger partial charge in [0.2, 0.25) is 5.91 Å². The number of rotatable bonds is 9. The van der Waals surface area contributed by atoms with Gasteiger partial charge in [0.05, 0.1) is 24.9 Å². The summed E-state index contributed by atoms with van der Waals surface area (Å²) in [6.45, 7) is 2.07. The van der Waals surface area contributed by atoms with Gasteiger partial charge in [-0.1, -0.05) is 73.7 Å². The molecule has 3 heterocycles. The summed E-state index contributed by atoms with van der Waals surface area (Å²) in [5, 5.41) is 63.9. The smallest absolute Gasteiger partial charge is 0.264 e. The van der Waals surface area contributed by atoms with E-state index in [1.165, 1.54) is 4.90 Å². The van der Waals surface area contributed by atoms with Crippen LogP contribution in [-0.2, 0) is 44.2 Å². The molecule has 50 heavy (non-hydrogen) atoms. The molecule has 8 atom stereocenters. The summed E-state index contributed by atoms with van der Waals surface area (Å²) in [6.07, 6.45) is -4.87. The van der Waals surface area contributed by atoms with Gasteiger partial charge in [0, 0.05) is 30.1 Å². The van der Waals surface area contributed by atoms with E-state index in [0.717, 1.165) is 11.1 Å². The first-order valence-corrected chi connectivity index (χ1v) is 16.5. The Kier molecular flexibility index (Phi) is 10.2. The predicted molar refractivity (Wildman–Crippen MR) is 180 cm³/mol. The quantitative estimate of drug-likeness (QED) is 0.157. The Morgan fingerprint density at radius 1 is 0.960 bits per heavy atom. The third-order valence-electron chi connectivity index (χ3n) is 9.85. The number of fused-ring (bicyclic) bond motifs is 2. The fourth-order valence-corrected chi connectivity index (χ4v) is 6.90. The number of aliphatic hydroxyl groups excluding tert-OH is 5. The van der Waals surface area contributed by atoms with E-state index in [0.29, 0.717) is 35.5 Å². The van der Waals surface area contributed by atoms with Gasteiger partial charge in [0.1, 0.15) is 18.3 Å². The summed E-state index contributed by atoms with van der Waals surface area (Å²) in [6, 6.07) is 20.9. The number of amides is 3. The fourth-order valence-electron chi connectivity index (χ4n) is 6.90. The highest BCUT2D eigenvalue weighted by Crippen LogP contribution is 2.45. The van der Waals surface area contributed by atoms with Crippen LogP contribution in [0.2, 0.25) is 0 Å². The average molecular weight is 688 g/mol. The zero-order valence-corrected chi connectivity index (χ0v) is 27.4. The molecule has 0 bridgehead atoms. The minimum absolute atomic E-state index is 0.0382. The summed E-state index contributed by atoms with van der Waals surface area (Å²) >= 11 is 0. The molecule has 0 spiro atoms. The van der Waals surface area contributed by atoms with Crippen LogP contribution in [0.3, 0.4) is 0 Å². The van der Waals surface area contributed by atoms with Crippen LogP contribution in [0.4, 0.5) is 11.4 Å². The van der Waals surface area contributed by atoms with E-state index in [2.05, 4.69) is 5.32 Å². The lowest BCUT2D eigenvalue weighted by Gasteiger charge is -2.37. The van der Waals surface area contributed by atoms with Gasteiger partial charge in [-0.15, -0.1) is 0 Å². The average Bonchev–Trinajstić information content (AvgIpc) is 3.34. The second kappa shape index (κ2) is 14.4. The highest BCUT2D eigenvalue weighted by molar-refractivity contribution is 6.07. The first-order valence-electron chi connectivity index (χ1n) is 16.5. The van der Waals surface area contributed by atoms with E-state index in [1.54, 1.807) is 72.5 Å². The monoisotopic (exact) mass is 687 g/mol. The molecule has 0 aromatic heterocycles. The van der Waals surface area contributed by atoms with Crippen molar-refractivity contribution in [3.05, 3.63) is 107 Å². The van der Waals surface area contributed by atoms with E-state index in [-0.39, 0.29) is 31.5 Å². The van der Waals surface area contributed by atoms with Crippen LogP contribution < -0.4 is 10.2 Å². The number of ether oxygens (including phenoxy) is 1. The SMILES string of the molecule is C[C@H](/C=C/CC(=O)N1Cc2ccccc2C[C@H]1CO)[C@@]1(O)C(=O)N(Cc2ccc(NC(=O)[C@H]3O[C@@H](O)[C@H](O)[C@@H](O)[C@@H]3O)cc2)c2ccccc21. The minimum atomic E-state index is -1.90. The first kappa shape index (κ1) is 35.4. The highest BCUT2D eigenvalue weighted by atomic mass is 16.6. The molecule has 3 aromatic rings. The number of carbonyl (C=O) groups excluding carboxylic acids is 3. The van der Waals surface area contributed by atoms with E-state index < -0.39 is 54.0 Å². The third-order valence-corrected chi connectivity index (χ3v) is 9.85. The molecule has 13 heteroatoms. The molecule has 3 amide bonds. The zero-order chi connectivity index (χ0) is 35.7. The number of anilines is 2. The van der Waals surface area contributed by atoms with Crippen molar-refractivity contribution in [1.82, 2.24) is 4.90 Å². The molecule has 3 aliphatic heterocycles.